The van der Waals surface area contributed by atoms with E-state index in [1.54, 1.807) is 0 Å². The zero-order valence-electron chi connectivity index (χ0n) is 19.8. The van der Waals surface area contributed by atoms with Crippen molar-refractivity contribution in [2.75, 3.05) is 57.3 Å². The van der Waals surface area contributed by atoms with Crippen LogP contribution in [0, 0.1) is 6.92 Å². The summed E-state index contributed by atoms with van der Waals surface area (Å²) in [4.78, 5) is 20.2. The molecule has 0 N–H and O–H groups in total. The van der Waals surface area contributed by atoms with Gasteiger partial charge in [0.15, 0.2) is 0 Å². The molecule has 2 saturated heterocycles. The lowest BCUT2D eigenvalue weighted by molar-refractivity contribution is 0.0877. The molecule has 172 valence electrons. The molecule has 6 heteroatoms. The highest BCUT2D eigenvalue weighted by molar-refractivity contribution is 5.50. The monoisotopic (exact) mass is 434 g/mol. The predicted octanol–water partition coefficient (Wildman–Crippen LogP) is 2.95. The van der Waals surface area contributed by atoms with Crippen molar-refractivity contribution in [1.82, 2.24) is 24.7 Å². The summed E-state index contributed by atoms with van der Waals surface area (Å²) < 4.78 is 0. The molecule has 3 aliphatic rings. The molecule has 0 amide bonds. The maximum Gasteiger partial charge on any atom is 0.137 e. The molecule has 0 atom stereocenters. The number of rotatable bonds is 5. The zero-order valence-corrected chi connectivity index (χ0v) is 19.8. The molecule has 1 aromatic heterocycles. The summed E-state index contributed by atoms with van der Waals surface area (Å²) in [6, 6.07) is 11.6. The average molecular weight is 435 g/mol. The highest BCUT2D eigenvalue weighted by Crippen LogP contribution is 2.30. The number of aryl methyl sites for hydroxylation is 1. The Kier molecular flexibility index (Phi) is 6.72. The van der Waals surface area contributed by atoms with E-state index in [-0.39, 0.29) is 0 Å². The van der Waals surface area contributed by atoms with E-state index in [9.17, 15) is 0 Å². The van der Waals surface area contributed by atoms with E-state index >= 15 is 0 Å². The number of benzene rings is 1. The maximum atomic E-state index is 4.98. The van der Waals surface area contributed by atoms with Crippen molar-refractivity contribution in [1.29, 1.82) is 0 Å². The second-order valence-corrected chi connectivity index (χ2v) is 9.65. The van der Waals surface area contributed by atoms with Gasteiger partial charge in [0.25, 0.3) is 0 Å². The second-order valence-electron chi connectivity index (χ2n) is 9.65. The molecule has 5 rings (SSSR count). The first-order chi connectivity index (χ1) is 15.7. The van der Waals surface area contributed by atoms with Gasteiger partial charge in [0.05, 0.1) is 5.69 Å². The van der Waals surface area contributed by atoms with Crippen LogP contribution in [0.3, 0.4) is 0 Å². The fourth-order valence-electron chi connectivity index (χ4n) is 5.70. The predicted molar refractivity (Wildman–Crippen MR) is 130 cm³/mol. The second kappa shape index (κ2) is 9.86. The molecule has 3 aliphatic heterocycles. The number of hydrogen-bond acceptors (Lipinski definition) is 6. The molecule has 4 heterocycles. The number of fused-ring (bicyclic) bond motifs is 1. The Balaban J connectivity index is 1.25. The van der Waals surface area contributed by atoms with Crippen molar-refractivity contribution < 1.29 is 0 Å². The highest BCUT2D eigenvalue weighted by Gasteiger charge is 2.30. The molecular formula is C26H38N6. The van der Waals surface area contributed by atoms with Gasteiger partial charge in [0.2, 0.25) is 0 Å². The standard InChI is InChI=1S/C26H38N6/c1-3-29-15-17-31(18-16-29)23-9-13-32(14-10-23)26-24-20-30(19-22-7-5-4-6-8-22)12-11-25(24)27-21(2)28-26/h4-8,23H,3,9-20H2,1-2H3. The van der Waals surface area contributed by atoms with Gasteiger partial charge >= 0.3 is 0 Å². The maximum absolute atomic E-state index is 4.98. The minimum Gasteiger partial charge on any atom is -0.356 e. The lowest BCUT2D eigenvalue weighted by Gasteiger charge is -2.43. The molecule has 0 bridgehead atoms. The average Bonchev–Trinajstić information content (AvgIpc) is 2.84. The highest BCUT2D eigenvalue weighted by atomic mass is 15.3. The summed E-state index contributed by atoms with van der Waals surface area (Å²) in [5.41, 5.74) is 4.02. The van der Waals surface area contributed by atoms with E-state index in [0.717, 1.165) is 51.0 Å². The Bertz CT molecular complexity index is 885. The number of aromatic nitrogens is 2. The molecule has 2 aromatic rings. The first-order valence-corrected chi connectivity index (χ1v) is 12.5. The van der Waals surface area contributed by atoms with Crippen LogP contribution in [0.1, 0.15) is 42.4 Å². The Morgan fingerprint density at radius 3 is 2.34 bits per heavy atom. The molecule has 2 fully saturated rings. The lowest BCUT2D eigenvalue weighted by Crippen LogP contribution is -2.53. The third kappa shape index (κ3) is 4.82. The minimum absolute atomic E-state index is 0.735. The Morgan fingerprint density at radius 1 is 0.875 bits per heavy atom. The van der Waals surface area contributed by atoms with Crippen molar-refractivity contribution in [3.8, 4) is 0 Å². The summed E-state index contributed by atoms with van der Waals surface area (Å²) in [5, 5.41) is 0. The first kappa shape index (κ1) is 21.8. The summed E-state index contributed by atoms with van der Waals surface area (Å²) in [7, 11) is 0. The summed E-state index contributed by atoms with van der Waals surface area (Å²) in [5.74, 6) is 2.13. The molecule has 32 heavy (non-hydrogen) atoms. The van der Waals surface area contributed by atoms with Gasteiger partial charge in [-0.25, -0.2) is 9.97 Å². The first-order valence-electron chi connectivity index (χ1n) is 12.5. The summed E-state index contributed by atoms with van der Waals surface area (Å²) in [6.45, 7) is 15.7. The van der Waals surface area contributed by atoms with E-state index in [0.29, 0.717) is 0 Å². The van der Waals surface area contributed by atoms with Crippen molar-refractivity contribution in [2.24, 2.45) is 0 Å². The van der Waals surface area contributed by atoms with E-state index in [4.69, 9.17) is 9.97 Å². The van der Waals surface area contributed by atoms with Crippen LogP contribution in [-0.4, -0.2) is 83.1 Å². The SMILES string of the molecule is CCN1CCN(C2CCN(c3nc(C)nc4c3CN(Cc3ccccc3)CC4)CC2)CC1. The van der Waals surface area contributed by atoms with Gasteiger partial charge in [-0.3, -0.25) is 9.80 Å². The van der Waals surface area contributed by atoms with Gasteiger partial charge in [-0.1, -0.05) is 37.3 Å². The minimum atomic E-state index is 0.735. The van der Waals surface area contributed by atoms with Crippen molar-refractivity contribution in [2.45, 2.75) is 52.2 Å². The number of piperidine rings is 1. The molecule has 0 saturated carbocycles. The fraction of sp³-hybridized carbons (Fsp3) is 0.615. The van der Waals surface area contributed by atoms with Crippen LogP contribution in [0.25, 0.3) is 0 Å². The summed E-state index contributed by atoms with van der Waals surface area (Å²) in [6.07, 6.45) is 3.52. The largest absolute Gasteiger partial charge is 0.356 e. The van der Waals surface area contributed by atoms with Gasteiger partial charge in [-0.2, -0.15) is 0 Å². The molecule has 6 nitrogen and oxygen atoms in total. The molecule has 0 unspecified atom stereocenters. The number of anilines is 1. The Hall–Kier alpha value is -2.02. The quantitative estimate of drug-likeness (QED) is 0.721. The van der Waals surface area contributed by atoms with Gasteiger partial charge in [0, 0.05) is 76.9 Å². The van der Waals surface area contributed by atoms with Crippen molar-refractivity contribution in [3.05, 3.63) is 53.0 Å². The Morgan fingerprint density at radius 2 is 1.62 bits per heavy atom. The topological polar surface area (TPSA) is 38.7 Å². The molecule has 1 aromatic carbocycles. The Labute approximate surface area is 193 Å². The van der Waals surface area contributed by atoms with Crippen molar-refractivity contribution in [3.63, 3.8) is 0 Å². The van der Waals surface area contributed by atoms with Crippen LogP contribution in [0.4, 0.5) is 5.82 Å². The smallest absolute Gasteiger partial charge is 0.137 e. The van der Waals surface area contributed by atoms with Crippen LogP contribution in [0.15, 0.2) is 30.3 Å². The van der Waals surface area contributed by atoms with Crippen LogP contribution < -0.4 is 4.90 Å². The zero-order chi connectivity index (χ0) is 21.9. The number of hydrogen-bond donors (Lipinski definition) is 0. The fourth-order valence-corrected chi connectivity index (χ4v) is 5.70. The molecular weight excluding hydrogens is 396 g/mol. The van der Waals surface area contributed by atoms with Crippen LogP contribution in [0.2, 0.25) is 0 Å². The third-order valence-corrected chi connectivity index (χ3v) is 7.61. The van der Waals surface area contributed by atoms with Crippen molar-refractivity contribution >= 4 is 5.82 Å². The van der Waals surface area contributed by atoms with E-state index < -0.39 is 0 Å². The third-order valence-electron chi connectivity index (χ3n) is 7.61. The van der Waals surface area contributed by atoms with Gasteiger partial charge in [-0.05, 0) is 31.9 Å². The van der Waals surface area contributed by atoms with Crippen LogP contribution >= 0.6 is 0 Å². The van der Waals surface area contributed by atoms with Gasteiger partial charge in [-0.15, -0.1) is 0 Å². The number of likely N-dealkylation sites (N-methyl/N-ethyl adjacent to an activating group) is 1. The number of piperazine rings is 1. The van der Waals surface area contributed by atoms with E-state index in [2.05, 4.69) is 63.8 Å². The van der Waals surface area contributed by atoms with Crippen LogP contribution in [-0.2, 0) is 19.5 Å². The van der Waals surface area contributed by atoms with Crippen LogP contribution in [0.5, 0.6) is 0 Å². The van der Waals surface area contributed by atoms with E-state index in [1.807, 2.05) is 0 Å². The lowest BCUT2D eigenvalue weighted by atomic mass is 10.00. The molecule has 0 aliphatic carbocycles. The number of nitrogens with zero attached hydrogens (tertiary/aromatic N) is 6. The van der Waals surface area contributed by atoms with E-state index in [1.165, 1.54) is 68.2 Å². The molecule has 0 radical (unpaired) electrons. The summed E-state index contributed by atoms with van der Waals surface area (Å²) >= 11 is 0. The van der Waals surface area contributed by atoms with Gasteiger partial charge in [0.1, 0.15) is 11.6 Å². The normalized spacial score (nSPS) is 21.6. The molecule has 0 spiro atoms. The van der Waals surface area contributed by atoms with Gasteiger partial charge < -0.3 is 9.80 Å².